The number of hydrogen-bond donors (Lipinski definition) is 1. The van der Waals surface area contributed by atoms with Gasteiger partial charge in [-0.1, -0.05) is 0 Å². The second kappa shape index (κ2) is 5.60. The topological polar surface area (TPSA) is 122 Å². The van der Waals surface area contributed by atoms with Crippen molar-refractivity contribution in [3.05, 3.63) is 16.3 Å². The van der Waals surface area contributed by atoms with Gasteiger partial charge < -0.3 is 10.6 Å². The average molecular weight is 236 g/mol. The molecule has 0 aliphatic heterocycles. The Hall–Kier alpha value is -2.43. The van der Waals surface area contributed by atoms with Crippen LogP contribution in [-0.4, -0.2) is 28.0 Å². The number of rotatable bonds is 5. The van der Waals surface area contributed by atoms with Crippen LogP contribution in [0.3, 0.4) is 0 Å². The molecule has 0 aliphatic carbocycles. The fraction of sp³-hybridized carbons (Fsp3) is 0.444. The maximum absolute atomic E-state index is 10.5. The van der Waals surface area contributed by atoms with E-state index in [0.29, 0.717) is 25.5 Å². The number of nitrogens with two attached hydrogens (primary N) is 1. The third kappa shape index (κ3) is 3.01. The van der Waals surface area contributed by atoms with Crippen LogP contribution in [0, 0.1) is 21.4 Å². The Bertz CT molecular complexity index is 455. The fourth-order valence-corrected chi connectivity index (χ4v) is 1.26. The predicted octanol–water partition coefficient (Wildman–Crippen LogP) is 0.707. The molecule has 0 saturated heterocycles. The molecule has 1 aromatic heterocycles. The van der Waals surface area contributed by atoms with Gasteiger partial charge >= 0.3 is 5.69 Å². The Kier molecular flexibility index (Phi) is 4.16. The van der Waals surface area contributed by atoms with Crippen LogP contribution in [0.5, 0.6) is 0 Å². The predicted molar refractivity (Wildman–Crippen MR) is 61.2 cm³/mol. The first-order valence-corrected chi connectivity index (χ1v) is 4.99. The molecule has 0 atom stereocenters. The highest BCUT2D eigenvalue weighted by molar-refractivity contribution is 5.53. The molecule has 17 heavy (non-hydrogen) atoms. The highest BCUT2D eigenvalue weighted by Crippen LogP contribution is 2.20. The zero-order chi connectivity index (χ0) is 12.8. The van der Waals surface area contributed by atoms with Crippen molar-refractivity contribution in [2.45, 2.75) is 13.3 Å². The van der Waals surface area contributed by atoms with Gasteiger partial charge in [-0.05, 0) is 6.92 Å². The largest absolute Gasteiger partial charge is 0.378 e. The van der Waals surface area contributed by atoms with E-state index in [1.165, 1.54) is 0 Å². The molecule has 0 spiro atoms. The van der Waals surface area contributed by atoms with E-state index < -0.39 is 4.92 Å². The molecule has 8 nitrogen and oxygen atoms in total. The molecule has 0 radical (unpaired) electrons. The molecular weight excluding hydrogens is 224 g/mol. The first kappa shape index (κ1) is 12.6. The monoisotopic (exact) mass is 236 g/mol. The van der Waals surface area contributed by atoms with Crippen molar-refractivity contribution in [2.75, 3.05) is 23.7 Å². The van der Waals surface area contributed by atoms with Crippen LogP contribution in [0.4, 0.5) is 17.5 Å². The lowest BCUT2D eigenvalue weighted by atomic mass is 10.4. The number of hydrogen-bond acceptors (Lipinski definition) is 7. The quantitative estimate of drug-likeness (QED) is 0.589. The standard InChI is InChI=1S/C9H12N6O2/c1-2-14(5-3-4-10)9-12-6-7(15(16)17)8(11)13-9/h6H,2-3,5H2,1H3,(H2,11,12,13). The second-order valence-electron chi connectivity index (χ2n) is 3.19. The summed E-state index contributed by atoms with van der Waals surface area (Å²) in [4.78, 5) is 19.4. The van der Waals surface area contributed by atoms with E-state index in [0.717, 1.165) is 6.20 Å². The van der Waals surface area contributed by atoms with E-state index in [4.69, 9.17) is 11.0 Å². The van der Waals surface area contributed by atoms with Crippen LogP contribution in [-0.2, 0) is 0 Å². The number of nitriles is 1. The van der Waals surface area contributed by atoms with Crippen LogP contribution in [0.15, 0.2) is 6.20 Å². The summed E-state index contributed by atoms with van der Waals surface area (Å²) in [5.41, 5.74) is 5.14. The van der Waals surface area contributed by atoms with Gasteiger partial charge in [-0.15, -0.1) is 0 Å². The summed E-state index contributed by atoms with van der Waals surface area (Å²) in [5, 5.41) is 19.0. The lowest BCUT2D eigenvalue weighted by Crippen LogP contribution is -2.26. The molecule has 0 bridgehead atoms. The molecule has 8 heteroatoms. The first-order chi connectivity index (χ1) is 8.10. The molecule has 90 valence electrons. The van der Waals surface area contributed by atoms with Crippen molar-refractivity contribution in [1.29, 1.82) is 5.26 Å². The van der Waals surface area contributed by atoms with Crippen LogP contribution in [0.2, 0.25) is 0 Å². The lowest BCUT2D eigenvalue weighted by molar-refractivity contribution is -0.384. The van der Waals surface area contributed by atoms with Crippen LogP contribution in [0.1, 0.15) is 13.3 Å². The van der Waals surface area contributed by atoms with Gasteiger partial charge in [-0.3, -0.25) is 10.1 Å². The van der Waals surface area contributed by atoms with Gasteiger partial charge in [0, 0.05) is 13.1 Å². The highest BCUT2D eigenvalue weighted by Gasteiger charge is 2.16. The van der Waals surface area contributed by atoms with Crippen LogP contribution < -0.4 is 10.6 Å². The minimum atomic E-state index is -0.634. The SMILES string of the molecule is CCN(CCC#N)c1ncc([N+](=O)[O-])c(N)n1. The summed E-state index contributed by atoms with van der Waals surface area (Å²) in [5.74, 6) is 0.126. The maximum Gasteiger partial charge on any atom is 0.329 e. The molecule has 0 saturated carbocycles. The minimum absolute atomic E-state index is 0.171. The number of nitrogen functional groups attached to an aromatic ring is 1. The minimum Gasteiger partial charge on any atom is -0.378 e. The van der Waals surface area contributed by atoms with Gasteiger partial charge in [-0.2, -0.15) is 10.2 Å². The van der Waals surface area contributed by atoms with Crippen molar-refractivity contribution < 1.29 is 4.92 Å². The Labute approximate surface area is 97.8 Å². The first-order valence-electron chi connectivity index (χ1n) is 4.99. The zero-order valence-electron chi connectivity index (χ0n) is 9.33. The molecule has 0 amide bonds. The highest BCUT2D eigenvalue weighted by atomic mass is 16.6. The summed E-state index contributed by atoms with van der Waals surface area (Å²) in [6.07, 6.45) is 1.40. The van der Waals surface area contributed by atoms with Crippen molar-refractivity contribution in [3.8, 4) is 6.07 Å². The molecule has 2 N–H and O–H groups in total. The van der Waals surface area contributed by atoms with Crippen molar-refractivity contribution in [1.82, 2.24) is 9.97 Å². The Balaban J connectivity index is 2.95. The number of anilines is 2. The summed E-state index contributed by atoms with van der Waals surface area (Å²) < 4.78 is 0. The molecule has 1 aromatic rings. The summed E-state index contributed by atoms with van der Waals surface area (Å²) >= 11 is 0. The Morgan fingerprint density at radius 2 is 2.41 bits per heavy atom. The summed E-state index contributed by atoms with van der Waals surface area (Å²) in [6.45, 7) is 2.93. The summed E-state index contributed by atoms with van der Waals surface area (Å²) in [6, 6.07) is 2.01. The number of aromatic nitrogens is 2. The molecular formula is C9H12N6O2. The maximum atomic E-state index is 10.5. The van der Waals surface area contributed by atoms with E-state index in [2.05, 4.69) is 9.97 Å². The Morgan fingerprint density at radius 1 is 1.71 bits per heavy atom. The van der Waals surface area contributed by atoms with Crippen molar-refractivity contribution in [2.24, 2.45) is 0 Å². The van der Waals surface area contributed by atoms with E-state index in [1.807, 2.05) is 13.0 Å². The molecule has 0 fully saturated rings. The van der Waals surface area contributed by atoms with Gasteiger partial charge in [-0.25, -0.2) is 4.98 Å². The average Bonchev–Trinajstić information content (AvgIpc) is 2.29. The summed E-state index contributed by atoms with van der Waals surface area (Å²) in [7, 11) is 0. The number of nitrogens with zero attached hydrogens (tertiary/aromatic N) is 5. The molecule has 0 aliphatic rings. The van der Waals surface area contributed by atoms with Gasteiger partial charge in [0.15, 0.2) is 0 Å². The van der Waals surface area contributed by atoms with E-state index >= 15 is 0 Å². The molecule has 0 unspecified atom stereocenters. The number of nitro groups is 1. The normalized spacial score (nSPS) is 9.65. The van der Waals surface area contributed by atoms with Gasteiger partial charge in [0.25, 0.3) is 0 Å². The molecule has 1 rings (SSSR count). The van der Waals surface area contributed by atoms with Gasteiger partial charge in [0.2, 0.25) is 11.8 Å². The van der Waals surface area contributed by atoms with Crippen LogP contribution >= 0.6 is 0 Å². The van der Waals surface area contributed by atoms with Crippen molar-refractivity contribution >= 4 is 17.5 Å². The Morgan fingerprint density at radius 3 is 2.88 bits per heavy atom. The van der Waals surface area contributed by atoms with Crippen LogP contribution in [0.25, 0.3) is 0 Å². The zero-order valence-corrected chi connectivity index (χ0v) is 9.33. The fourth-order valence-electron chi connectivity index (χ4n) is 1.26. The lowest BCUT2D eigenvalue weighted by Gasteiger charge is -2.18. The third-order valence-electron chi connectivity index (χ3n) is 2.14. The smallest absolute Gasteiger partial charge is 0.329 e. The van der Waals surface area contributed by atoms with E-state index in [9.17, 15) is 10.1 Å². The van der Waals surface area contributed by atoms with E-state index in [-0.39, 0.29) is 11.5 Å². The van der Waals surface area contributed by atoms with Gasteiger partial charge in [0.05, 0.1) is 17.4 Å². The second-order valence-corrected chi connectivity index (χ2v) is 3.19. The molecule has 0 aromatic carbocycles. The third-order valence-corrected chi connectivity index (χ3v) is 2.14. The molecule has 1 heterocycles. The van der Waals surface area contributed by atoms with Crippen molar-refractivity contribution in [3.63, 3.8) is 0 Å². The van der Waals surface area contributed by atoms with Gasteiger partial charge in [0.1, 0.15) is 6.20 Å². The van der Waals surface area contributed by atoms with E-state index in [1.54, 1.807) is 4.90 Å².